The molecule has 9 heteroatoms. The first-order chi connectivity index (χ1) is 11.8. The molecule has 1 aromatic carbocycles. The number of esters is 1. The van der Waals surface area contributed by atoms with Crippen LogP contribution in [0.1, 0.15) is 23.1 Å². The zero-order valence-corrected chi connectivity index (χ0v) is 12.8. The lowest BCUT2D eigenvalue weighted by Gasteiger charge is -2.11. The molecule has 0 saturated carbocycles. The van der Waals surface area contributed by atoms with Crippen LogP contribution in [0.25, 0.3) is 22.2 Å². The molecule has 2 aromatic heterocycles. The molecule has 0 amide bonds. The third-order valence-corrected chi connectivity index (χ3v) is 3.38. The summed E-state index contributed by atoms with van der Waals surface area (Å²) >= 11 is 0. The minimum Gasteiger partial charge on any atom is -0.502 e. The van der Waals surface area contributed by atoms with E-state index in [1.54, 1.807) is 18.2 Å². The van der Waals surface area contributed by atoms with E-state index in [-0.39, 0.29) is 12.3 Å². The lowest BCUT2D eigenvalue weighted by molar-refractivity contribution is -0.139. The van der Waals surface area contributed by atoms with Gasteiger partial charge < -0.3 is 14.4 Å². The second-order valence-electron chi connectivity index (χ2n) is 4.98. The van der Waals surface area contributed by atoms with Gasteiger partial charge in [-0.3, -0.25) is 0 Å². The molecular formula is C16H11F3N2O4. The number of fused-ring (bicyclic) bond motifs is 1. The van der Waals surface area contributed by atoms with Gasteiger partial charge in [0.05, 0.1) is 12.0 Å². The van der Waals surface area contributed by atoms with Crippen LogP contribution >= 0.6 is 0 Å². The number of aromatic hydroxyl groups is 1. The van der Waals surface area contributed by atoms with E-state index in [2.05, 4.69) is 14.9 Å². The topological polar surface area (TPSA) is 85.5 Å². The molecular weight excluding hydrogens is 341 g/mol. The molecule has 3 rings (SSSR count). The van der Waals surface area contributed by atoms with E-state index < -0.39 is 40.3 Å². The summed E-state index contributed by atoms with van der Waals surface area (Å²) < 4.78 is 50.0. The first kappa shape index (κ1) is 16.7. The molecule has 1 N–H and O–H groups in total. The van der Waals surface area contributed by atoms with Crippen molar-refractivity contribution >= 4 is 16.9 Å². The minimum atomic E-state index is -4.90. The first-order valence-corrected chi connectivity index (χ1v) is 7.16. The third kappa shape index (κ3) is 2.88. The molecule has 0 spiro atoms. The zero-order valence-electron chi connectivity index (χ0n) is 12.8. The summed E-state index contributed by atoms with van der Waals surface area (Å²) in [5.41, 5.74) is -2.64. The fourth-order valence-corrected chi connectivity index (χ4v) is 2.34. The van der Waals surface area contributed by atoms with Crippen LogP contribution in [-0.4, -0.2) is 27.8 Å². The van der Waals surface area contributed by atoms with Crippen LogP contribution in [0.15, 0.2) is 34.9 Å². The van der Waals surface area contributed by atoms with Crippen molar-refractivity contribution in [2.24, 2.45) is 0 Å². The maximum atomic E-state index is 13.5. The molecule has 0 unspecified atom stereocenters. The van der Waals surface area contributed by atoms with Gasteiger partial charge in [0.1, 0.15) is 5.69 Å². The van der Waals surface area contributed by atoms with Crippen molar-refractivity contribution in [3.05, 3.63) is 41.7 Å². The second kappa shape index (κ2) is 6.08. The molecule has 0 bridgehead atoms. The summed E-state index contributed by atoms with van der Waals surface area (Å²) in [6.45, 7) is 1.38. The number of benzene rings is 1. The molecule has 0 aliphatic rings. The molecule has 0 aliphatic heterocycles. The number of hydrogen-bond acceptors (Lipinski definition) is 6. The van der Waals surface area contributed by atoms with Crippen molar-refractivity contribution in [2.75, 3.05) is 6.61 Å². The molecule has 6 nitrogen and oxygen atoms in total. The number of halogens is 3. The van der Waals surface area contributed by atoms with Crippen LogP contribution in [0.4, 0.5) is 13.2 Å². The maximum Gasteiger partial charge on any atom is 0.434 e. The summed E-state index contributed by atoms with van der Waals surface area (Å²) in [5.74, 6) is -2.04. The average Bonchev–Trinajstić information content (AvgIpc) is 3.00. The Morgan fingerprint density at radius 2 is 1.96 bits per heavy atom. The van der Waals surface area contributed by atoms with E-state index in [0.717, 1.165) is 0 Å². The van der Waals surface area contributed by atoms with Crippen LogP contribution in [0.3, 0.4) is 0 Å². The largest absolute Gasteiger partial charge is 0.502 e. The highest BCUT2D eigenvalue weighted by Gasteiger charge is 2.40. The number of carbonyl (C=O) groups excluding carboxylic acids is 1. The minimum absolute atomic E-state index is 0.0923. The predicted molar refractivity (Wildman–Crippen MR) is 79.9 cm³/mol. The van der Waals surface area contributed by atoms with E-state index in [1.165, 1.54) is 19.1 Å². The van der Waals surface area contributed by atoms with Crippen molar-refractivity contribution in [1.29, 1.82) is 0 Å². The normalized spacial score (nSPS) is 11.7. The lowest BCUT2D eigenvalue weighted by Crippen LogP contribution is -2.15. The molecule has 0 radical (unpaired) electrons. The van der Waals surface area contributed by atoms with Gasteiger partial charge >= 0.3 is 12.1 Å². The van der Waals surface area contributed by atoms with Gasteiger partial charge in [0.25, 0.3) is 0 Å². The standard InChI is InChI=1S/C16H11F3N2O4/c1-2-24-15(23)11-12(22)13-9(14(20-11)16(17,18)19)10(21-25-13)8-6-4-3-5-7-8/h3-7,22H,2H2,1H3. The second-order valence-corrected chi connectivity index (χ2v) is 4.98. The molecule has 2 heterocycles. The van der Waals surface area contributed by atoms with Crippen molar-refractivity contribution in [1.82, 2.24) is 10.1 Å². The lowest BCUT2D eigenvalue weighted by atomic mass is 10.1. The fourth-order valence-electron chi connectivity index (χ4n) is 2.34. The Morgan fingerprint density at radius 3 is 2.56 bits per heavy atom. The van der Waals surface area contributed by atoms with E-state index in [0.29, 0.717) is 5.56 Å². The highest BCUT2D eigenvalue weighted by Crippen LogP contribution is 2.42. The van der Waals surface area contributed by atoms with Gasteiger partial charge in [-0.25, -0.2) is 9.78 Å². The molecule has 130 valence electrons. The highest BCUT2D eigenvalue weighted by molar-refractivity contribution is 6.02. The number of rotatable bonds is 3. The summed E-state index contributed by atoms with van der Waals surface area (Å²) in [5, 5.41) is 13.2. The number of alkyl halides is 3. The predicted octanol–water partition coefficient (Wildman–Crippen LogP) is 3.79. The number of pyridine rings is 1. The van der Waals surface area contributed by atoms with Crippen LogP contribution in [0.2, 0.25) is 0 Å². The van der Waals surface area contributed by atoms with Crippen LogP contribution in [-0.2, 0) is 10.9 Å². The first-order valence-electron chi connectivity index (χ1n) is 7.16. The van der Waals surface area contributed by atoms with Crippen LogP contribution in [0.5, 0.6) is 5.75 Å². The smallest absolute Gasteiger partial charge is 0.434 e. The molecule has 0 aliphatic carbocycles. The van der Waals surface area contributed by atoms with Gasteiger partial charge in [-0.15, -0.1) is 0 Å². The van der Waals surface area contributed by atoms with Crippen molar-refractivity contribution in [3.63, 3.8) is 0 Å². The zero-order chi connectivity index (χ0) is 18.2. The maximum absolute atomic E-state index is 13.5. The van der Waals surface area contributed by atoms with Gasteiger partial charge in [0.15, 0.2) is 17.1 Å². The van der Waals surface area contributed by atoms with E-state index in [4.69, 9.17) is 4.52 Å². The van der Waals surface area contributed by atoms with Gasteiger partial charge in [0, 0.05) is 5.56 Å². The number of aromatic nitrogens is 2. The van der Waals surface area contributed by atoms with E-state index in [9.17, 15) is 23.1 Å². The Kier molecular flexibility index (Phi) is 4.07. The molecule has 0 saturated heterocycles. The van der Waals surface area contributed by atoms with E-state index in [1.807, 2.05) is 0 Å². The van der Waals surface area contributed by atoms with Gasteiger partial charge in [-0.2, -0.15) is 13.2 Å². The van der Waals surface area contributed by atoms with Crippen molar-refractivity contribution in [3.8, 4) is 17.0 Å². The molecule has 0 fully saturated rings. The Hall–Kier alpha value is -3.10. The number of carbonyl (C=O) groups is 1. The highest BCUT2D eigenvalue weighted by atomic mass is 19.4. The number of nitrogens with zero attached hydrogens (tertiary/aromatic N) is 2. The monoisotopic (exact) mass is 352 g/mol. The van der Waals surface area contributed by atoms with Gasteiger partial charge in [-0.05, 0) is 6.92 Å². The quantitative estimate of drug-likeness (QED) is 0.722. The Morgan fingerprint density at radius 1 is 1.28 bits per heavy atom. The Balaban J connectivity index is 2.35. The molecule has 25 heavy (non-hydrogen) atoms. The van der Waals surface area contributed by atoms with Gasteiger partial charge in [0.2, 0.25) is 5.58 Å². The third-order valence-electron chi connectivity index (χ3n) is 3.38. The van der Waals surface area contributed by atoms with Gasteiger partial charge in [-0.1, -0.05) is 35.5 Å². The number of hydrogen-bond donors (Lipinski definition) is 1. The summed E-state index contributed by atoms with van der Waals surface area (Å²) in [4.78, 5) is 15.1. The van der Waals surface area contributed by atoms with Crippen molar-refractivity contribution < 1.29 is 32.3 Å². The summed E-state index contributed by atoms with van der Waals surface area (Å²) in [6, 6.07) is 7.99. The van der Waals surface area contributed by atoms with Crippen molar-refractivity contribution in [2.45, 2.75) is 13.1 Å². The summed E-state index contributed by atoms with van der Waals surface area (Å²) in [7, 11) is 0. The van der Waals surface area contributed by atoms with Crippen LogP contribution < -0.4 is 0 Å². The van der Waals surface area contributed by atoms with E-state index >= 15 is 0 Å². The average molecular weight is 352 g/mol. The SMILES string of the molecule is CCOC(=O)c1nc(C(F)(F)F)c2c(-c3ccccc3)noc2c1O. The molecule has 0 atom stereocenters. The fraction of sp³-hybridized carbons (Fsp3) is 0.188. The Bertz CT molecular complexity index is 936. The van der Waals surface area contributed by atoms with Crippen LogP contribution in [0, 0.1) is 0 Å². The molecule has 3 aromatic rings. The Labute approximate surface area is 138 Å². The summed E-state index contributed by atoms with van der Waals surface area (Å²) in [6.07, 6.45) is -4.90. The number of ether oxygens (including phenoxy) is 1.